The molecule has 2 aliphatic rings. The van der Waals surface area contributed by atoms with Crippen LogP contribution in [0.15, 0.2) is 29.2 Å². The molecule has 0 saturated carbocycles. The Bertz CT molecular complexity index is 655. The van der Waals surface area contributed by atoms with Crippen LogP contribution in [-0.2, 0) is 10.0 Å². The fourth-order valence-corrected chi connectivity index (χ4v) is 4.71. The molecule has 2 unspecified atom stereocenters. The van der Waals surface area contributed by atoms with E-state index in [-0.39, 0.29) is 29.0 Å². The molecule has 7 nitrogen and oxygen atoms in total. The van der Waals surface area contributed by atoms with Crippen LogP contribution in [0.25, 0.3) is 0 Å². The standard InChI is InChI=1S/C13H17N3O4S.ClH/c17-16(18)12-3-1-2-4-13(12)21(19,20)15-11-7-9-5-6-10(8-11)14-9;/h1-4,9-11,14-15H,5-8H2;1H. The van der Waals surface area contributed by atoms with E-state index < -0.39 is 14.9 Å². The summed E-state index contributed by atoms with van der Waals surface area (Å²) in [6, 6.07) is 5.98. The molecule has 2 heterocycles. The number of sulfonamides is 1. The highest BCUT2D eigenvalue weighted by Gasteiger charge is 2.36. The minimum absolute atomic E-state index is 0. The van der Waals surface area contributed by atoms with Crippen LogP contribution in [0.5, 0.6) is 0 Å². The van der Waals surface area contributed by atoms with Crippen molar-refractivity contribution in [2.24, 2.45) is 0 Å². The van der Waals surface area contributed by atoms with E-state index in [0.29, 0.717) is 12.1 Å². The van der Waals surface area contributed by atoms with Crippen LogP contribution in [-0.4, -0.2) is 31.5 Å². The molecule has 2 fully saturated rings. The van der Waals surface area contributed by atoms with Crippen LogP contribution in [0, 0.1) is 10.1 Å². The molecule has 22 heavy (non-hydrogen) atoms. The number of nitrogens with zero attached hydrogens (tertiary/aromatic N) is 1. The molecule has 0 spiro atoms. The van der Waals surface area contributed by atoms with Gasteiger partial charge in [-0.05, 0) is 31.7 Å². The Labute approximate surface area is 135 Å². The number of nitrogens with one attached hydrogen (secondary N) is 2. The molecule has 0 radical (unpaired) electrons. The quantitative estimate of drug-likeness (QED) is 0.636. The lowest BCUT2D eigenvalue weighted by Gasteiger charge is -2.29. The number of fused-ring (bicyclic) bond motifs is 2. The fraction of sp³-hybridized carbons (Fsp3) is 0.538. The van der Waals surface area contributed by atoms with Crippen LogP contribution in [0.3, 0.4) is 0 Å². The zero-order chi connectivity index (χ0) is 15.0. The van der Waals surface area contributed by atoms with Gasteiger partial charge in [-0.2, -0.15) is 0 Å². The molecule has 0 aliphatic carbocycles. The number of benzene rings is 1. The lowest BCUT2D eigenvalue weighted by atomic mass is 10.0. The predicted molar refractivity (Wildman–Crippen MR) is 83.6 cm³/mol. The first kappa shape index (κ1) is 17.1. The number of rotatable bonds is 4. The molecule has 2 saturated heterocycles. The highest BCUT2D eigenvalue weighted by Crippen LogP contribution is 2.29. The minimum Gasteiger partial charge on any atom is -0.311 e. The van der Waals surface area contributed by atoms with Crippen LogP contribution >= 0.6 is 12.4 Å². The Balaban J connectivity index is 0.00000176. The summed E-state index contributed by atoms with van der Waals surface area (Å²) < 4.78 is 27.5. The van der Waals surface area contributed by atoms with E-state index in [1.165, 1.54) is 24.3 Å². The normalized spacial score (nSPS) is 27.2. The van der Waals surface area contributed by atoms with Crippen LogP contribution in [0.1, 0.15) is 25.7 Å². The lowest BCUT2D eigenvalue weighted by molar-refractivity contribution is -0.387. The van der Waals surface area contributed by atoms with E-state index >= 15 is 0 Å². The topological polar surface area (TPSA) is 101 Å². The maximum atomic E-state index is 12.4. The summed E-state index contributed by atoms with van der Waals surface area (Å²) in [5, 5.41) is 14.4. The number of halogens is 1. The van der Waals surface area contributed by atoms with Crippen molar-refractivity contribution in [3.8, 4) is 0 Å². The van der Waals surface area contributed by atoms with Crippen molar-refractivity contribution < 1.29 is 13.3 Å². The van der Waals surface area contributed by atoms with Gasteiger partial charge in [0.1, 0.15) is 0 Å². The molecule has 122 valence electrons. The average molecular weight is 348 g/mol. The smallest absolute Gasteiger partial charge is 0.289 e. The largest absolute Gasteiger partial charge is 0.311 e. The molecule has 0 aromatic heterocycles. The van der Waals surface area contributed by atoms with Crippen LogP contribution < -0.4 is 10.0 Å². The predicted octanol–water partition coefficient (Wildman–Crippen LogP) is 1.58. The molecule has 2 bridgehead atoms. The SMILES string of the molecule is Cl.O=[N+]([O-])c1ccccc1S(=O)(=O)NC1CC2CCC(C1)N2. The van der Waals surface area contributed by atoms with Crippen molar-refractivity contribution in [3.05, 3.63) is 34.4 Å². The maximum absolute atomic E-state index is 12.4. The van der Waals surface area contributed by atoms with Gasteiger partial charge in [0.2, 0.25) is 10.0 Å². The number of hydrogen-bond donors (Lipinski definition) is 2. The zero-order valence-corrected chi connectivity index (χ0v) is 13.4. The first-order chi connectivity index (χ1) is 9.95. The Kier molecular flexibility index (Phi) is 5.06. The molecule has 1 aromatic rings. The number of hydrogen-bond acceptors (Lipinski definition) is 5. The van der Waals surface area contributed by atoms with Gasteiger partial charge >= 0.3 is 0 Å². The van der Waals surface area contributed by atoms with Gasteiger partial charge < -0.3 is 5.32 Å². The molecule has 1 aromatic carbocycles. The van der Waals surface area contributed by atoms with E-state index in [9.17, 15) is 18.5 Å². The highest BCUT2D eigenvalue weighted by atomic mass is 35.5. The number of nitro groups is 1. The summed E-state index contributed by atoms with van der Waals surface area (Å²) in [6.07, 6.45) is 3.59. The van der Waals surface area contributed by atoms with Gasteiger partial charge in [0.15, 0.2) is 4.90 Å². The van der Waals surface area contributed by atoms with Gasteiger partial charge in [-0.1, -0.05) is 12.1 Å². The lowest BCUT2D eigenvalue weighted by Crippen LogP contribution is -2.47. The van der Waals surface area contributed by atoms with Crippen molar-refractivity contribution in [2.75, 3.05) is 0 Å². The summed E-state index contributed by atoms with van der Waals surface area (Å²) in [7, 11) is -3.87. The Morgan fingerprint density at radius 1 is 1.18 bits per heavy atom. The molecule has 0 amide bonds. The van der Waals surface area contributed by atoms with Crippen molar-refractivity contribution in [1.82, 2.24) is 10.0 Å². The first-order valence-electron chi connectivity index (χ1n) is 6.97. The number of nitro benzene ring substituents is 1. The highest BCUT2D eigenvalue weighted by molar-refractivity contribution is 7.89. The van der Waals surface area contributed by atoms with E-state index in [1.54, 1.807) is 0 Å². The van der Waals surface area contributed by atoms with Crippen molar-refractivity contribution >= 4 is 28.1 Å². The number of para-hydroxylation sites is 1. The van der Waals surface area contributed by atoms with Crippen molar-refractivity contribution in [2.45, 2.75) is 48.7 Å². The van der Waals surface area contributed by atoms with Crippen molar-refractivity contribution in [3.63, 3.8) is 0 Å². The van der Waals surface area contributed by atoms with Gasteiger partial charge in [0.25, 0.3) is 5.69 Å². The summed E-state index contributed by atoms with van der Waals surface area (Å²) >= 11 is 0. The molecule has 9 heteroatoms. The van der Waals surface area contributed by atoms with Gasteiger partial charge in [-0.15, -0.1) is 12.4 Å². The Morgan fingerprint density at radius 3 is 2.36 bits per heavy atom. The zero-order valence-electron chi connectivity index (χ0n) is 11.8. The second-order valence-corrected chi connectivity index (χ2v) is 7.33. The maximum Gasteiger partial charge on any atom is 0.289 e. The summed E-state index contributed by atoms with van der Waals surface area (Å²) in [5.74, 6) is 0. The first-order valence-corrected chi connectivity index (χ1v) is 8.46. The third kappa shape index (κ3) is 3.40. The molecule has 3 rings (SSSR count). The van der Waals surface area contributed by atoms with E-state index in [1.807, 2.05) is 0 Å². The van der Waals surface area contributed by atoms with Crippen LogP contribution in [0.4, 0.5) is 5.69 Å². The molecule has 2 aliphatic heterocycles. The third-order valence-electron chi connectivity index (χ3n) is 4.15. The molecule has 2 N–H and O–H groups in total. The average Bonchev–Trinajstić information content (AvgIpc) is 2.77. The number of piperidine rings is 1. The van der Waals surface area contributed by atoms with Gasteiger partial charge in [-0.3, -0.25) is 10.1 Å². The van der Waals surface area contributed by atoms with Gasteiger partial charge in [0.05, 0.1) is 4.92 Å². The second-order valence-electron chi connectivity index (χ2n) is 5.65. The third-order valence-corrected chi connectivity index (χ3v) is 5.71. The summed E-state index contributed by atoms with van der Waals surface area (Å²) in [6.45, 7) is 0. The van der Waals surface area contributed by atoms with E-state index in [2.05, 4.69) is 10.0 Å². The summed E-state index contributed by atoms with van der Waals surface area (Å²) in [4.78, 5) is 10.0. The molecular weight excluding hydrogens is 330 g/mol. The second kappa shape index (κ2) is 6.49. The van der Waals surface area contributed by atoms with Crippen LogP contribution in [0.2, 0.25) is 0 Å². The van der Waals surface area contributed by atoms with Gasteiger partial charge in [-0.25, -0.2) is 13.1 Å². The van der Waals surface area contributed by atoms with Gasteiger partial charge in [0, 0.05) is 24.2 Å². The molecular formula is C13H18ClN3O4S. The Morgan fingerprint density at radius 2 is 1.77 bits per heavy atom. The monoisotopic (exact) mass is 347 g/mol. The Hall–Kier alpha value is -1.22. The fourth-order valence-electron chi connectivity index (χ4n) is 3.27. The van der Waals surface area contributed by atoms with Crippen molar-refractivity contribution in [1.29, 1.82) is 0 Å². The summed E-state index contributed by atoms with van der Waals surface area (Å²) in [5.41, 5.74) is -0.387. The van der Waals surface area contributed by atoms with E-state index in [4.69, 9.17) is 0 Å². The minimum atomic E-state index is -3.87. The molecule has 2 atom stereocenters. The van der Waals surface area contributed by atoms with E-state index in [0.717, 1.165) is 25.7 Å².